The third kappa shape index (κ3) is 3.55. The van der Waals surface area contributed by atoms with Gasteiger partial charge in [0.05, 0.1) is 6.54 Å². The summed E-state index contributed by atoms with van der Waals surface area (Å²) in [5.41, 5.74) is 6.24. The Hall–Kier alpha value is -1.88. The van der Waals surface area contributed by atoms with E-state index in [0.717, 1.165) is 24.0 Å². The Kier molecular flexibility index (Phi) is 4.96. The monoisotopic (exact) mass is 373 g/mol. The lowest BCUT2D eigenvalue weighted by Crippen LogP contribution is -2.26. The summed E-state index contributed by atoms with van der Waals surface area (Å²) in [6.07, 6.45) is 4.70. The second-order valence-electron chi connectivity index (χ2n) is 5.62. The van der Waals surface area contributed by atoms with E-state index in [0.29, 0.717) is 12.6 Å². The maximum atomic E-state index is 5.39. The minimum atomic E-state index is 0.666. The second-order valence-corrected chi connectivity index (χ2v) is 6.47. The zero-order valence-corrected chi connectivity index (χ0v) is 15.0. The van der Waals surface area contributed by atoms with E-state index in [4.69, 9.17) is 4.74 Å². The van der Waals surface area contributed by atoms with Crippen LogP contribution in [0.4, 0.5) is 0 Å². The Balaban J connectivity index is 1.86. The quantitative estimate of drug-likeness (QED) is 0.889. The van der Waals surface area contributed by atoms with Crippen LogP contribution in [0.25, 0.3) is 11.1 Å². The van der Waals surface area contributed by atoms with Crippen molar-refractivity contribution >= 4 is 22.0 Å². The minimum absolute atomic E-state index is 0.666. The third-order valence-electron chi connectivity index (χ3n) is 4.04. The van der Waals surface area contributed by atoms with Gasteiger partial charge >= 0.3 is 0 Å². The molecule has 1 N–H and O–H groups in total. The molecule has 5 heteroatoms. The largest absolute Gasteiger partial charge is 0.463 e. The predicted octanol–water partition coefficient (Wildman–Crippen LogP) is 3.65. The van der Waals surface area contributed by atoms with Crippen LogP contribution in [0.15, 0.2) is 40.1 Å². The normalized spacial score (nSPS) is 13.6. The van der Waals surface area contributed by atoms with Crippen LogP contribution in [0.1, 0.15) is 16.7 Å². The van der Waals surface area contributed by atoms with Crippen LogP contribution in [0.3, 0.4) is 0 Å². The number of aryl methyl sites for hydroxylation is 1. The number of ether oxygens (including phenoxy) is 1. The molecule has 0 aliphatic carbocycles. The predicted molar refractivity (Wildman–Crippen MR) is 96.8 cm³/mol. The van der Waals surface area contributed by atoms with E-state index in [1.807, 2.05) is 12.4 Å². The molecule has 1 aliphatic heterocycles. The number of nitrogens with zero attached hydrogens (tertiary/aromatic N) is 2. The number of nitrogens with one attached hydrogen (secondary N) is 1. The zero-order valence-electron chi connectivity index (χ0n) is 13.4. The topological polar surface area (TPSA) is 46.5 Å². The molecule has 0 fully saturated rings. The van der Waals surface area contributed by atoms with Crippen molar-refractivity contribution in [2.75, 3.05) is 19.7 Å². The van der Waals surface area contributed by atoms with Gasteiger partial charge in [-0.3, -0.25) is 4.98 Å². The molecule has 4 nitrogen and oxygen atoms in total. The van der Waals surface area contributed by atoms with Crippen LogP contribution in [-0.2, 0) is 11.2 Å². The van der Waals surface area contributed by atoms with Crippen molar-refractivity contribution in [1.29, 1.82) is 0 Å². The molecule has 0 spiro atoms. The molecular weight excluding hydrogens is 354 g/mol. The highest BCUT2D eigenvalue weighted by Crippen LogP contribution is 2.32. The van der Waals surface area contributed by atoms with Gasteiger partial charge in [0.15, 0.2) is 0 Å². The van der Waals surface area contributed by atoms with Gasteiger partial charge in [-0.15, -0.1) is 0 Å². The smallest absolute Gasteiger partial charge is 0.284 e. The van der Waals surface area contributed by atoms with Crippen LogP contribution in [0.2, 0.25) is 0 Å². The number of amidine groups is 1. The van der Waals surface area contributed by atoms with Crippen molar-refractivity contribution in [1.82, 2.24) is 10.3 Å². The maximum absolute atomic E-state index is 5.39. The lowest BCUT2D eigenvalue weighted by atomic mass is 9.92. The Morgan fingerprint density at radius 1 is 1.26 bits per heavy atom. The molecule has 0 saturated heterocycles. The Morgan fingerprint density at radius 2 is 2.13 bits per heavy atom. The SMILES string of the molecule is Cc1cccc(CCNC2=NCCO2)c1-c1cncc(Br)c1C. The molecule has 1 aromatic heterocycles. The third-order valence-corrected chi connectivity index (χ3v) is 4.84. The number of benzene rings is 1. The first-order chi connectivity index (χ1) is 11.2. The number of halogens is 1. The van der Waals surface area contributed by atoms with E-state index in [-0.39, 0.29) is 0 Å². The molecule has 23 heavy (non-hydrogen) atoms. The maximum Gasteiger partial charge on any atom is 0.284 e. The lowest BCUT2D eigenvalue weighted by molar-refractivity contribution is 0.332. The highest BCUT2D eigenvalue weighted by molar-refractivity contribution is 9.10. The first-order valence-corrected chi connectivity index (χ1v) is 8.56. The fraction of sp³-hybridized carbons (Fsp3) is 0.333. The lowest BCUT2D eigenvalue weighted by Gasteiger charge is -2.16. The van der Waals surface area contributed by atoms with E-state index < -0.39 is 0 Å². The number of aromatic nitrogens is 1. The fourth-order valence-electron chi connectivity index (χ4n) is 2.82. The first-order valence-electron chi connectivity index (χ1n) is 7.77. The van der Waals surface area contributed by atoms with E-state index in [2.05, 4.69) is 63.3 Å². The molecule has 0 atom stereocenters. The molecular formula is C18H20BrN3O. The molecule has 2 heterocycles. The highest BCUT2D eigenvalue weighted by Gasteiger charge is 2.13. The molecule has 0 saturated carbocycles. The van der Waals surface area contributed by atoms with Gasteiger partial charge in [0.25, 0.3) is 6.02 Å². The number of hydrogen-bond acceptors (Lipinski definition) is 4. The summed E-state index contributed by atoms with van der Waals surface area (Å²) >= 11 is 3.58. The van der Waals surface area contributed by atoms with E-state index in [1.165, 1.54) is 27.8 Å². The average Bonchev–Trinajstić information content (AvgIpc) is 3.04. The fourth-order valence-corrected chi connectivity index (χ4v) is 3.15. The van der Waals surface area contributed by atoms with Gasteiger partial charge < -0.3 is 10.1 Å². The highest BCUT2D eigenvalue weighted by atomic mass is 79.9. The van der Waals surface area contributed by atoms with Crippen molar-refractivity contribution in [2.24, 2.45) is 4.99 Å². The van der Waals surface area contributed by atoms with Crippen molar-refractivity contribution in [3.63, 3.8) is 0 Å². The summed E-state index contributed by atoms with van der Waals surface area (Å²) in [6, 6.07) is 7.11. The van der Waals surface area contributed by atoms with Crippen molar-refractivity contribution < 1.29 is 4.74 Å². The summed E-state index contributed by atoms with van der Waals surface area (Å²) in [6.45, 7) is 6.51. The van der Waals surface area contributed by atoms with Gasteiger partial charge in [0.1, 0.15) is 6.61 Å². The van der Waals surface area contributed by atoms with E-state index >= 15 is 0 Å². The molecule has 0 bridgehead atoms. The summed E-state index contributed by atoms with van der Waals surface area (Å²) in [5, 5.41) is 3.26. The van der Waals surface area contributed by atoms with Crippen LogP contribution < -0.4 is 5.32 Å². The van der Waals surface area contributed by atoms with Gasteiger partial charge in [-0.1, -0.05) is 18.2 Å². The second kappa shape index (κ2) is 7.13. The zero-order chi connectivity index (χ0) is 16.2. The van der Waals surface area contributed by atoms with Crippen LogP contribution in [-0.4, -0.2) is 30.7 Å². The van der Waals surface area contributed by atoms with Crippen molar-refractivity contribution in [3.05, 3.63) is 51.8 Å². The first kappa shape index (κ1) is 16.0. The molecule has 0 radical (unpaired) electrons. The summed E-state index contributed by atoms with van der Waals surface area (Å²) in [5.74, 6) is 0. The Labute approximate surface area is 145 Å². The molecule has 2 aromatic rings. The van der Waals surface area contributed by atoms with Gasteiger partial charge in [0, 0.05) is 29.0 Å². The molecule has 0 amide bonds. The minimum Gasteiger partial charge on any atom is -0.463 e. The van der Waals surface area contributed by atoms with Crippen LogP contribution >= 0.6 is 15.9 Å². The Morgan fingerprint density at radius 3 is 2.91 bits per heavy atom. The van der Waals surface area contributed by atoms with Crippen LogP contribution in [0.5, 0.6) is 0 Å². The molecule has 3 rings (SSSR count). The van der Waals surface area contributed by atoms with E-state index in [9.17, 15) is 0 Å². The molecule has 0 unspecified atom stereocenters. The Bertz CT molecular complexity index is 743. The number of aliphatic imine (C=N–C) groups is 1. The van der Waals surface area contributed by atoms with Crippen LogP contribution in [0, 0.1) is 13.8 Å². The van der Waals surface area contributed by atoms with Gasteiger partial charge in [-0.25, -0.2) is 4.99 Å². The van der Waals surface area contributed by atoms with Gasteiger partial charge in [-0.05, 0) is 58.5 Å². The number of pyridine rings is 1. The molecule has 120 valence electrons. The standard InChI is InChI=1S/C18H20BrN3O/c1-12-4-3-5-14(6-7-21-18-22-8-9-23-18)17(12)15-10-20-11-16(19)13(15)2/h3-5,10-11H,6-9H2,1-2H3,(H,21,22). The number of rotatable bonds is 4. The summed E-state index contributed by atoms with van der Waals surface area (Å²) < 4.78 is 6.43. The molecule has 1 aliphatic rings. The summed E-state index contributed by atoms with van der Waals surface area (Å²) in [7, 11) is 0. The summed E-state index contributed by atoms with van der Waals surface area (Å²) in [4.78, 5) is 8.60. The van der Waals surface area contributed by atoms with Crippen molar-refractivity contribution in [3.8, 4) is 11.1 Å². The van der Waals surface area contributed by atoms with Gasteiger partial charge in [-0.2, -0.15) is 0 Å². The van der Waals surface area contributed by atoms with Crippen molar-refractivity contribution in [2.45, 2.75) is 20.3 Å². The van der Waals surface area contributed by atoms with Gasteiger partial charge in [0.2, 0.25) is 0 Å². The number of hydrogen-bond donors (Lipinski definition) is 1. The molecule has 1 aromatic carbocycles. The van der Waals surface area contributed by atoms with E-state index in [1.54, 1.807) is 0 Å². The average molecular weight is 374 g/mol.